The second-order valence-corrected chi connectivity index (χ2v) is 7.69. The van der Waals surface area contributed by atoms with Gasteiger partial charge in [-0.25, -0.2) is 0 Å². The van der Waals surface area contributed by atoms with Gasteiger partial charge in [0.15, 0.2) is 0 Å². The van der Waals surface area contributed by atoms with Crippen LogP contribution in [0.5, 0.6) is 0 Å². The minimum Gasteiger partial charge on any atom is -0.339 e. The second-order valence-electron chi connectivity index (χ2n) is 7.69. The number of hydrogen-bond acceptors (Lipinski definition) is 1. The topological polar surface area (TPSA) is 20.3 Å². The lowest BCUT2D eigenvalue weighted by Gasteiger charge is -2.62. The Morgan fingerprint density at radius 1 is 1.15 bits per heavy atom. The van der Waals surface area contributed by atoms with E-state index in [1.807, 2.05) is 0 Å². The summed E-state index contributed by atoms with van der Waals surface area (Å²) in [6.45, 7) is 7.63. The van der Waals surface area contributed by atoms with E-state index in [-0.39, 0.29) is 0 Å². The minimum absolute atomic E-state index is 0.463. The first-order chi connectivity index (χ1) is 9.75. The van der Waals surface area contributed by atoms with Gasteiger partial charge in [-0.15, -0.1) is 0 Å². The maximum atomic E-state index is 12.3. The lowest BCUT2D eigenvalue weighted by atomic mass is 9.66. The van der Waals surface area contributed by atoms with E-state index in [0.29, 0.717) is 11.9 Å². The van der Waals surface area contributed by atoms with Crippen LogP contribution in [0.25, 0.3) is 0 Å². The van der Waals surface area contributed by atoms with E-state index in [9.17, 15) is 4.79 Å². The summed E-state index contributed by atoms with van der Waals surface area (Å²) in [4.78, 5) is 14.7. The van der Waals surface area contributed by atoms with Crippen LogP contribution in [0.2, 0.25) is 0 Å². The summed E-state index contributed by atoms with van der Waals surface area (Å²) in [6, 6.07) is 1.48. The number of carbonyl (C=O) groups is 1. The smallest absolute Gasteiger partial charge is 0.222 e. The number of amides is 1. The quantitative estimate of drug-likeness (QED) is 0.674. The number of piperidine rings is 4. The van der Waals surface area contributed by atoms with Gasteiger partial charge in [0.25, 0.3) is 0 Å². The van der Waals surface area contributed by atoms with E-state index in [1.54, 1.807) is 0 Å². The van der Waals surface area contributed by atoms with Crippen LogP contribution < -0.4 is 0 Å². The van der Waals surface area contributed by atoms with Crippen LogP contribution in [-0.2, 0) is 4.79 Å². The fourth-order valence-corrected chi connectivity index (χ4v) is 6.29. The molecule has 0 aromatic rings. The number of hydrogen-bond donors (Lipinski definition) is 0. The van der Waals surface area contributed by atoms with Gasteiger partial charge in [0, 0.05) is 30.8 Å². The van der Waals surface area contributed by atoms with Gasteiger partial charge in [-0.05, 0) is 45.4 Å². The van der Waals surface area contributed by atoms with E-state index < -0.39 is 0 Å². The number of fused-ring (bicyclic) bond motifs is 2. The summed E-state index contributed by atoms with van der Waals surface area (Å²) in [5.41, 5.74) is 0. The van der Waals surface area contributed by atoms with Gasteiger partial charge in [0.1, 0.15) is 0 Å². The number of quaternary nitrogens is 1. The molecule has 0 saturated carbocycles. The van der Waals surface area contributed by atoms with Crippen molar-refractivity contribution in [1.82, 2.24) is 4.90 Å². The highest BCUT2D eigenvalue weighted by molar-refractivity contribution is 5.77. The maximum Gasteiger partial charge on any atom is 0.222 e. The van der Waals surface area contributed by atoms with Crippen molar-refractivity contribution >= 4 is 5.91 Å². The highest BCUT2D eigenvalue weighted by atomic mass is 16.2. The summed E-state index contributed by atoms with van der Waals surface area (Å²) < 4.78 is 1.40. The molecule has 1 amide bonds. The average Bonchev–Trinajstić information content (AvgIpc) is 2.49. The predicted molar refractivity (Wildman–Crippen MR) is 79.1 cm³/mol. The number of nitrogens with zero attached hydrogens (tertiary/aromatic N) is 2. The van der Waals surface area contributed by atoms with Crippen LogP contribution in [0.4, 0.5) is 0 Å². The van der Waals surface area contributed by atoms with Crippen molar-refractivity contribution in [2.24, 2.45) is 11.8 Å². The largest absolute Gasteiger partial charge is 0.339 e. The standard InChI is InChI=1S/C17H29N2O/c1-2-19-10-4-6-13-12-18-15(8-3-9-16(18)20)14(17(13)19)7-5-11-19/h13-15,17H,2-12H2,1H3/q+1/t13-,14+,15-,17+,19+/m1/s1. The predicted octanol–water partition coefficient (Wildman–Crippen LogP) is 2.41. The summed E-state index contributed by atoms with van der Waals surface area (Å²) in [6.07, 6.45) is 8.76. The summed E-state index contributed by atoms with van der Waals surface area (Å²) in [7, 11) is 0. The molecule has 0 N–H and O–H groups in total. The van der Waals surface area contributed by atoms with Gasteiger partial charge in [0.2, 0.25) is 5.91 Å². The normalized spacial score (nSPS) is 47.6. The Morgan fingerprint density at radius 3 is 2.75 bits per heavy atom. The van der Waals surface area contributed by atoms with Gasteiger partial charge in [0.05, 0.1) is 25.7 Å². The van der Waals surface area contributed by atoms with Crippen molar-refractivity contribution in [3.63, 3.8) is 0 Å². The molecule has 3 nitrogen and oxygen atoms in total. The van der Waals surface area contributed by atoms with Crippen molar-refractivity contribution in [3.05, 3.63) is 0 Å². The van der Waals surface area contributed by atoms with Crippen LogP contribution >= 0.6 is 0 Å². The molecule has 0 spiro atoms. The van der Waals surface area contributed by atoms with Crippen LogP contribution in [0.3, 0.4) is 0 Å². The molecule has 4 saturated heterocycles. The first kappa shape index (κ1) is 13.1. The third kappa shape index (κ3) is 1.71. The van der Waals surface area contributed by atoms with E-state index in [4.69, 9.17) is 0 Å². The molecule has 112 valence electrons. The van der Waals surface area contributed by atoms with Crippen LogP contribution in [0, 0.1) is 11.8 Å². The highest BCUT2D eigenvalue weighted by Crippen LogP contribution is 2.48. The highest BCUT2D eigenvalue weighted by Gasteiger charge is 2.57. The second kappa shape index (κ2) is 4.72. The molecule has 0 bridgehead atoms. The molecule has 0 aromatic heterocycles. The molecule has 4 aliphatic rings. The zero-order valence-electron chi connectivity index (χ0n) is 12.9. The molecule has 0 aliphatic carbocycles. The van der Waals surface area contributed by atoms with Crippen LogP contribution in [0.15, 0.2) is 0 Å². The van der Waals surface area contributed by atoms with Gasteiger partial charge < -0.3 is 9.38 Å². The minimum atomic E-state index is 0.463. The maximum absolute atomic E-state index is 12.3. The first-order valence-corrected chi connectivity index (χ1v) is 8.90. The fourth-order valence-electron chi connectivity index (χ4n) is 6.29. The molecule has 4 rings (SSSR count). The van der Waals surface area contributed by atoms with Gasteiger partial charge in [-0.1, -0.05) is 0 Å². The van der Waals surface area contributed by atoms with Gasteiger partial charge >= 0.3 is 0 Å². The van der Waals surface area contributed by atoms with Crippen molar-refractivity contribution < 1.29 is 9.28 Å². The monoisotopic (exact) mass is 277 g/mol. The zero-order valence-corrected chi connectivity index (χ0v) is 12.9. The average molecular weight is 277 g/mol. The Kier molecular flexibility index (Phi) is 3.10. The molecule has 4 heterocycles. The third-order valence-corrected chi connectivity index (χ3v) is 7.04. The van der Waals surface area contributed by atoms with Gasteiger partial charge in [-0.3, -0.25) is 4.79 Å². The summed E-state index contributed by atoms with van der Waals surface area (Å²) >= 11 is 0. The molecule has 4 aliphatic heterocycles. The Hall–Kier alpha value is -0.570. The molecule has 20 heavy (non-hydrogen) atoms. The summed E-state index contributed by atoms with van der Waals surface area (Å²) in [5, 5.41) is 0. The van der Waals surface area contributed by atoms with Crippen molar-refractivity contribution in [1.29, 1.82) is 0 Å². The fraction of sp³-hybridized carbons (Fsp3) is 0.941. The molecule has 0 radical (unpaired) electrons. The van der Waals surface area contributed by atoms with Crippen LogP contribution in [0.1, 0.15) is 51.9 Å². The molecule has 3 heteroatoms. The van der Waals surface area contributed by atoms with Crippen LogP contribution in [-0.4, -0.2) is 53.6 Å². The zero-order chi connectivity index (χ0) is 13.7. The van der Waals surface area contributed by atoms with E-state index in [1.165, 1.54) is 56.2 Å². The SMILES string of the molecule is CC[N@+]12CCC[C@@H]3CN4C(=O)CCC[C@@H]4[C@H](CCC1)[C@H]32. The van der Waals surface area contributed by atoms with Crippen molar-refractivity contribution in [3.8, 4) is 0 Å². The molecule has 4 fully saturated rings. The molecule has 0 unspecified atom stereocenters. The molecular formula is C17H29N2O+. The number of carbonyl (C=O) groups excluding carboxylic acids is 1. The van der Waals surface area contributed by atoms with Crippen molar-refractivity contribution in [2.45, 2.75) is 64.0 Å². The van der Waals surface area contributed by atoms with E-state index in [0.717, 1.165) is 37.3 Å². The molecule has 0 aromatic carbocycles. The Balaban J connectivity index is 1.70. The lowest BCUT2D eigenvalue weighted by molar-refractivity contribution is -0.968. The number of rotatable bonds is 1. The Morgan fingerprint density at radius 2 is 1.95 bits per heavy atom. The first-order valence-electron chi connectivity index (χ1n) is 8.90. The molecule has 5 atom stereocenters. The van der Waals surface area contributed by atoms with Crippen molar-refractivity contribution in [2.75, 3.05) is 26.2 Å². The lowest BCUT2D eigenvalue weighted by Crippen LogP contribution is -2.73. The summed E-state index contributed by atoms with van der Waals surface area (Å²) in [5.74, 6) is 2.07. The van der Waals surface area contributed by atoms with E-state index >= 15 is 0 Å². The molecular weight excluding hydrogens is 248 g/mol. The Bertz CT molecular complexity index is 406. The van der Waals surface area contributed by atoms with Gasteiger partial charge in [-0.2, -0.15) is 0 Å². The van der Waals surface area contributed by atoms with E-state index in [2.05, 4.69) is 11.8 Å². The Labute approximate surface area is 122 Å². The third-order valence-electron chi connectivity index (χ3n) is 7.04.